The molecule has 0 aromatic carbocycles. The van der Waals surface area contributed by atoms with Crippen LogP contribution in [0.5, 0.6) is 0 Å². The second kappa shape index (κ2) is 17.6. The summed E-state index contributed by atoms with van der Waals surface area (Å²) in [5.74, 6) is -0.698. The number of hydrogen-bond acceptors (Lipinski definition) is 7. The highest BCUT2D eigenvalue weighted by Gasteiger charge is 2.43. The fourth-order valence-electron chi connectivity index (χ4n) is 6.21. The third-order valence-corrected chi connectivity index (χ3v) is 8.87. The standard InChI is InChI=1S/C32H54O8/c1-4-5-20-32(2,36-3)28(40-31-17-11-13-22-38-31)19-18-25-24(14-8-6-7-9-15-29(34)35)26(33)23-27(25)39-30-16-10-12-21-37-30/h18-19,24-25,27-28,30-31H,4-17,20-23H2,1-3H3,(H,34,35)/t24-,25-,27-,28-,30?,31?,32-/m1/s1. The summed E-state index contributed by atoms with van der Waals surface area (Å²) >= 11 is 0. The van der Waals surface area contributed by atoms with Crippen molar-refractivity contribution in [1.82, 2.24) is 0 Å². The minimum Gasteiger partial charge on any atom is -0.481 e. The largest absolute Gasteiger partial charge is 0.481 e. The van der Waals surface area contributed by atoms with Crippen molar-refractivity contribution in [2.45, 2.75) is 147 Å². The predicted octanol–water partition coefficient (Wildman–Crippen LogP) is 6.59. The zero-order chi connectivity index (χ0) is 28.8. The Morgan fingerprint density at radius 3 is 2.38 bits per heavy atom. The second-order valence-corrected chi connectivity index (χ2v) is 12.0. The number of aliphatic carboxylic acids is 1. The van der Waals surface area contributed by atoms with Crippen molar-refractivity contribution >= 4 is 11.8 Å². The molecule has 2 aliphatic heterocycles. The molecule has 2 heterocycles. The average Bonchev–Trinajstić information content (AvgIpc) is 3.25. The molecule has 7 atom stereocenters. The molecule has 2 saturated heterocycles. The van der Waals surface area contributed by atoms with E-state index in [1.165, 1.54) is 0 Å². The summed E-state index contributed by atoms with van der Waals surface area (Å²) in [5, 5.41) is 8.90. The van der Waals surface area contributed by atoms with Crippen LogP contribution in [0.1, 0.15) is 117 Å². The van der Waals surface area contributed by atoms with Gasteiger partial charge in [-0.15, -0.1) is 0 Å². The fourth-order valence-corrected chi connectivity index (χ4v) is 6.21. The molecule has 0 aromatic heterocycles. The summed E-state index contributed by atoms with van der Waals surface area (Å²) in [7, 11) is 1.75. The molecule has 0 radical (unpaired) electrons. The third-order valence-electron chi connectivity index (χ3n) is 8.87. The van der Waals surface area contributed by atoms with Crippen LogP contribution in [0, 0.1) is 11.8 Å². The van der Waals surface area contributed by atoms with Gasteiger partial charge < -0.3 is 28.8 Å². The highest BCUT2D eigenvalue weighted by atomic mass is 16.7. The topological polar surface area (TPSA) is 101 Å². The van der Waals surface area contributed by atoms with Crippen molar-refractivity contribution < 1.29 is 38.4 Å². The molecule has 1 aliphatic carbocycles. The van der Waals surface area contributed by atoms with Crippen molar-refractivity contribution in [3.8, 4) is 0 Å². The molecule has 230 valence electrons. The van der Waals surface area contributed by atoms with Crippen LogP contribution >= 0.6 is 0 Å². The average molecular weight is 567 g/mol. The molecular formula is C32H54O8. The quantitative estimate of drug-likeness (QED) is 0.146. The summed E-state index contributed by atoms with van der Waals surface area (Å²) in [4.78, 5) is 24.1. The van der Waals surface area contributed by atoms with E-state index in [9.17, 15) is 9.59 Å². The Kier molecular flexibility index (Phi) is 14.6. The first-order valence-electron chi connectivity index (χ1n) is 15.9. The van der Waals surface area contributed by atoms with Gasteiger partial charge in [-0.05, 0) is 64.7 Å². The molecule has 8 nitrogen and oxygen atoms in total. The van der Waals surface area contributed by atoms with Gasteiger partial charge in [-0.3, -0.25) is 9.59 Å². The van der Waals surface area contributed by atoms with Crippen molar-refractivity contribution in [1.29, 1.82) is 0 Å². The molecule has 3 rings (SSSR count). The number of methoxy groups -OCH3 is 1. The number of ether oxygens (including phenoxy) is 5. The maximum Gasteiger partial charge on any atom is 0.303 e. The maximum absolute atomic E-state index is 13.3. The van der Waals surface area contributed by atoms with E-state index in [-0.39, 0.29) is 48.8 Å². The van der Waals surface area contributed by atoms with Gasteiger partial charge in [0.2, 0.25) is 0 Å². The predicted molar refractivity (Wildman–Crippen MR) is 153 cm³/mol. The Bertz CT molecular complexity index is 773. The molecule has 0 aromatic rings. The minimum atomic E-state index is -0.751. The van der Waals surface area contributed by atoms with Gasteiger partial charge >= 0.3 is 5.97 Å². The highest BCUT2D eigenvalue weighted by molar-refractivity contribution is 5.84. The van der Waals surface area contributed by atoms with Crippen LogP contribution in [0.3, 0.4) is 0 Å². The van der Waals surface area contributed by atoms with Gasteiger partial charge in [-0.25, -0.2) is 0 Å². The number of carboxylic acids is 1. The zero-order valence-corrected chi connectivity index (χ0v) is 25.2. The molecule has 3 fully saturated rings. The van der Waals surface area contributed by atoms with E-state index >= 15 is 0 Å². The monoisotopic (exact) mass is 566 g/mol. The van der Waals surface area contributed by atoms with Gasteiger partial charge in [0, 0.05) is 45.0 Å². The number of ketones is 1. The van der Waals surface area contributed by atoms with E-state index in [1.54, 1.807) is 7.11 Å². The van der Waals surface area contributed by atoms with E-state index in [2.05, 4.69) is 26.0 Å². The van der Waals surface area contributed by atoms with Crippen LogP contribution in [-0.2, 0) is 33.3 Å². The Balaban J connectivity index is 1.76. The second-order valence-electron chi connectivity index (χ2n) is 12.0. The lowest BCUT2D eigenvalue weighted by Gasteiger charge is -2.38. The van der Waals surface area contributed by atoms with Crippen LogP contribution in [0.4, 0.5) is 0 Å². The van der Waals surface area contributed by atoms with Crippen molar-refractivity contribution in [2.24, 2.45) is 11.8 Å². The molecule has 3 aliphatic rings. The summed E-state index contributed by atoms with van der Waals surface area (Å²) in [5.41, 5.74) is -0.515. The van der Waals surface area contributed by atoms with Crippen LogP contribution < -0.4 is 0 Å². The van der Waals surface area contributed by atoms with E-state index in [0.29, 0.717) is 26.1 Å². The number of carbonyl (C=O) groups is 2. The van der Waals surface area contributed by atoms with Crippen molar-refractivity contribution in [2.75, 3.05) is 20.3 Å². The summed E-state index contributed by atoms with van der Waals surface area (Å²) in [6.07, 6.45) is 16.9. The van der Waals surface area contributed by atoms with Gasteiger partial charge in [0.25, 0.3) is 0 Å². The van der Waals surface area contributed by atoms with Gasteiger partial charge in [0.05, 0.1) is 11.7 Å². The van der Waals surface area contributed by atoms with Crippen molar-refractivity contribution in [3.63, 3.8) is 0 Å². The van der Waals surface area contributed by atoms with E-state index in [4.69, 9.17) is 28.8 Å². The first-order chi connectivity index (χ1) is 19.4. The maximum atomic E-state index is 13.3. The Morgan fingerprint density at radius 1 is 1.05 bits per heavy atom. The Morgan fingerprint density at radius 2 is 1.75 bits per heavy atom. The van der Waals surface area contributed by atoms with Gasteiger partial charge in [-0.2, -0.15) is 0 Å². The normalized spacial score (nSPS) is 30.0. The molecule has 1 N–H and O–H groups in total. The van der Waals surface area contributed by atoms with E-state index in [0.717, 1.165) is 83.5 Å². The first kappa shape index (κ1) is 33.2. The number of rotatable bonds is 18. The van der Waals surface area contributed by atoms with Crippen LogP contribution in [-0.4, -0.2) is 67.6 Å². The molecule has 0 amide bonds. The molecule has 0 bridgehead atoms. The number of hydrogen-bond donors (Lipinski definition) is 1. The molecule has 8 heteroatoms. The third kappa shape index (κ3) is 10.5. The fraction of sp³-hybridized carbons (Fsp3) is 0.875. The summed E-state index contributed by atoms with van der Waals surface area (Å²) < 4.78 is 30.9. The number of unbranched alkanes of at least 4 members (excludes halogenated alkanes) is 4. The lowest BCUT2D eigenvalue weighted by Crippen LogP contribution is -2.45. The highest BCUT2D eigenvalue weighted by Crippen LogP contribution is 2.39. The van der Waals surface area contributed by atoms with Crippen LogP contribution in [0.25, 0.3) is 0 Å². The lowest BCUT2D eigenvalue weighted by atomic mass is 9.86. The van der Waals surface area contributed by atoms with Crippen LogP contribution in [0.15, 0.2) is 12.2 Å². The summed E-state index contributed by atoms with van der Waals surface area (Å²) in [6.45, 7) is 5.70. The van der Waals surface area contributed by atoms with Gasteiger partial charge in [0.1, 0.15) is 11.9 Å². The van der Waals surface area contributed by atoms with Gasteiger partial charge in [-0.1, -0.05) is 51.2 Å². The Labute approximate surface area is 241 Å². The first-order valence-corrected chi connectivity index (χ1v) is 15.9. The zero-order valence-electron chi connectivity index (χ0n) is 25.2. The molecule has 40 heavy (non-hydrogen) atoms. The Hall–Kier alpha value is -1.32. The number of carboxylic acid groups (broad SMARTS) is 1. The number of Topliss-reactive ketones (excluding diaryl/α,β-unsaturated/α-hetero) is 1. The molecular weight excluding hydrogens is 512 g/mol. The molecule has 2 unspecified atom stereocenters. The molecule has 1 saturated carbocycles. The van der Waals surface area contributed by atoms with Gasteiger partial charge in [0.15, 0.2) is 12.6 Å². The smallest absolute Gasteiger partial charge is 0.303 e. The number of carbonyl (C=O) groups excluding carboxylic acids is 1. The lowest BCUT2D eigenvalue weighted by molar-refractivity contribution is -0.218. The molecule has 0 spiro atoms. The van der Waals surface area contributed by atoms with E-state index in [1.807, 2.05) is 0 Å². The SMILES string of the molecule is CCCC[C@@](C)(OC)[C@@H](C=C[C@H]1[C@H](OC2CCCCO2)CC(=O)[C@@H]1CCCCCCC(=O)O)OC1CCCCO1. The van der Waals surface area contributed by atoms with Crippen LogP contribution in [0.2, 0.25) is 0 Å². The minimum absolute atomic E-state index is 0.0669. The summed E-state index contributed by atoms with van der Waals surface area (Å²) in [6, 6.07) is 0. The van der Waals surface area contributed by atoms with E-state index < -0.39 is 11.6 Å². The van der Waals surface area contributed by atoms with Crippen molar-refractivity contribution in [3.05, 3.63) is 12.2 Å².